The molecular weight excluding hydrogens is 532 g/mol. The van der Waals surface area contributed by atoms with E-state index in [-0.39, 0.29) is 30.4 Å². The lowest BCUT2D eigenvalue weighted by Crippen LogP contribution is -2.46. The molecule has 1 aromatic carbocycles. The number of hydrogen-bond acceptors (Lipinski definition) is 7. The zero-order valence-electron chi connectivity index (χ0n) is 23.0. The molecule has 0 radical (unpaired) electrons. The molecule has 214 valence electrons. The molecule has 1 saturated heterocycles. The average molecular weight is 569 g/mol. The summed E-state index contributed by atoms with van der Waals surface area (Å²) in [6.07, 6.45) is 4.85. The first kappa shape index (κ1) is 27.9. The minimum absolute atomic E-state index is 0.0241. The minimum atomic E-state index is -0.548. The molecule has 2 N–H and O–H groups in total. The van der Waals surface area contributed by atoms with Gasteiger partial charge in [0.1, 0.15) is 16.8 Å². The van der Waals surface area contributed by atoms with Gasteiger partial charge in [-0.2, -0.15) is 0 Å². The van der Waals surface area contributed by atoms with Gasteiger partial charge in [0.15, 0.2) is 0 Å². The Labute approximate surface area is 238 Å². The molecule has 1 aromatic heterocycles. The largest absolute Gasteiger partial charge is 0.494 e. The van der Waals surface area contributed by atoms with Crippen molar-refractivity contribution in [2.75, 3.05) is 30.4 Å². The lowest BCUT2D eigenvalue weighted by molar-refractivity contribution is -0.135. The molecule has 2 aromatic rings. The number of anilines is 2. The van der Waals surface area contributed by atoms with Crippen LogP contribution in [0, 0.1) is 0 Å². The normalized spacial score (nSPS) is 18.9. The van der Waals surface area contributed by atoms with Crippen LogP contribution in [-0.4, -0.2) is 65.5 Å². The summed E-state index contributed by atoms with van der Waals surface area (Å²) in [6, 6.07) is 6.67. The van der Waals surface area contributed by atoms with E-state index in [4.69, 9.17) is 9.47 Å². The quantitative estimate of drug-likeness (QED) is 0.473. The molecule has 3 heterocycles. The second-order valence-electron chi connectivity index (χ2n) is 10.3. The molecule has 40 heavy (non-hydrogen) atoms. The molecule has 1 atom stereocenters. The van der Waals surface area contributed by atoms with Crippen molar-refractivity contribution in [2.45, 2.75) is 77.4 Å². The van der Waals surface area contributed by atoms with E-state index in [9.17, 15) is 19.2 Å². The van der Waals surface area contributed by atoms with Crippen LogP contribution in [0.5, 0.6) is 5.75 Å². The highest BCUT2D eigenvalue weighted by atomic mass is 32.1. The van der Waals surface area contributed by atoms with Gasteiger partial charge in [-0.3, -0.25) is 14.4 Å². The van der Waals surface area contributed by atoms with Crippen LogP contribution in [0.4, 0.5) is 15.5 Å². The van der Waals surface area contributed by atoms with Crippen LogP contribution in [0.3, 0.4) is 0 Å². The molecular formula is C29H36N4O6S. The molecule has 11 heteroatoms. The zero-order valence-corrected chi connectivity index (χ0v) is 23.8. The van der Waals surface area contributed by atoms with Crippen molar-refractivity contribution in [2.24, 2.45) is 0 Å². The third-order valence-electron chi connectivity index (χ3n) is 7.75. The summed E-state index contributed by atoms with van der Waals surface area (Å²) in [7, 11) is 0. The van der Waals surface area contributed by atoms with Crippen LogP contribution in [0.25, 0.3) is 0 Å². The first-order valence-electron chi connectivity index (χ1n) is 14.1. The second-order valence-corrected chi connectivity index (χ2v) is 11.4. The van der Waals surface area contributed by atoms with E-state index in [0.717, 1.165) is 36.1 Å². The SMILES string of the molecule is CCOC(=O)N1CCc2c(sc(NC(=O)[C@@H]3CCC(=O)N3C3CCCC3)c2C(=O)Nc2ccc(OCC)cc2)C1. The van der Waals surface area contributed by atoms with Crippen LogP contribution in [0.2, 0.25) is 0 Å². The van der Waals surface area contributed by atoms with Gasteiger partial charge in [-0.25, -0.2) is 4.79 Å². The first-order valence-corrected chi connectivity index (χ1v) is 14.9. The smallest absolute Gasteiger partial charge is 0.410 e. The molecule has 0 spiro atoms. The van der Waals surface area contributed by atoms with Crippen LogP contribution >= 0.6 is 11.3 Å². The van der Waals surface area contributed by atoms with E-state index >= 15 is 0 Å². The Morgan fingerprint density at radius 2 is 1.75 bits per heavy atom. The zero-order chi connectivity index (χ0) is 28.2. The summed E-state index contributed by atoms with van der Waals surface area (Å²) in [5.74, 6) is 0.125. The fourth-order valence-corrected chi connectivity index (χ4v) is 7.16. The molecule has 1 saturated carbocycles. The van der Waals surface area contributed by atoms with Crippen LogP contribution < -0.4 is 15.4 Å². The highest BCUT2D eigenvalue weighted by Gasteiger charge is 2.42. The highest BCUT2D eigenvalue weighted by molar-refractivity contribution is 7.17. The van der Waals surface area contributed by atoms with Crippen molar-refractivity contribution in [3.05, 3.63) is 40.3 Å². The Kier molecular flexibility index (Phi) is 8.58. The van der Waals surface area contributed by atoms with E-state index in [1.165, 1.54) is 11.3 Å². The van der Waals surface area contributed by atoms with Gasteiger partial charge < -0.3 is 29.9 Å². The Morgan fingerprint density at radius 1 is 1.00 bits per heavy atom. The minimum Gasteiger partial charge on any atom is -0.494 e. The molecule has 1 aliphatic carbocycles. The third kappa shape index (κ3) is 5.79. The van der Waals surface area contributed by atoms with Gasteiger partial charge in [0.2, 0.25) is 11.8 Å². The number of rotatable bonds is 8. The summed E-state index contributed by atoms with van der Waals surface area (Å²) in [5.41, 5.74) is 1.82. The number of carbonyl (C=O) groups excluding carboxylic acids is 4. The molecule has 0 unspecified atom stereocenters. The molecule has 3 aliphatic rings. The number of likely N-dealkylation sites (tertiary alicyclic amines) is 1. The average Bonchev–Trinajstić information content (AvgIpc) is 3.68. The number of carbonyl (C=O) groups is 4. The third-order valence-corrected chi connectivity index (χ3v) is 8.88. The fourth-order valence-electron chi connectivity index (χ4n) is 5.89. The number of thiophene rings is 1. The van der Waals surface area contributed by atoms with E-state index in [1.54, 1.807) is 41.0 Å². The van der Waals surface area contributed by atoms with Gasteiger partial charge in [0.25, 0.3) is 5.91 Å². The fraction of sp³-hybridized carbons (Fsp3) is 0.517. The van der Waals surface area contributed by atoms with E-state index in [1.807, 2.05) is 6.92 Å². The number of benzene rings is 1. The van der Waals surface area contributed by atoms with E-state index < -0.39 is 12.1 Å². The van der Waals surface area contributed by atoms with Crippen molar-refractivity contribution < 1.29 is 28.7 Å². The molecule has 10 nitrogen and oxygen atoms in total. The lowest BCUT2D eigenvalue weighted by Gasteiger charge is -2.29. The molecule has 2 fully saturated rings. The summed E-state index contributed by atoms with van der Waals surface area (Å²) in [5, 5.41) is 6.41. The van der Waals surface area contributed by atoms with Crippen molar-refractivity contribution in [1.29, 1.82) is 0 Å². The van der Waals surface area contributed by atoms with E-state index in [2.05, 4.69) is 10.6 Å². The Hall–Kier alpha value is -3.60. The number of fused-ring (bicyclic) bond motifs is 1. The summed E-state index contributed by atoms with van der Waals surface area (Å²) in [4.78, 5) is 56.6. The molecule has 4 amide bonds. The maximum Gasteiger partial charge on any atom is 0.410 e. The molecule has 2 aliphatic heterocycles. The van der Waals surface area contributed by atoms with Crippen LogP contribution in [0.1, 0.15) is 73.2 Å². The first-order chi connectivity index (χ1) is 19.4. The number of nitrogens with zero attached hydrogens (tertiary/aromatic N) is 2. The predicted octanol–water partition coefficient (Wildman–Crippen LogP) is 4.79. The van der Waals surface area contributed by atoms with Crippen molar-refractivity contribution in [3.63, 3.8) is 0 Å². The van der Waals surface area contributed by atoms with Gasteiger partial charge in [0.05, 0.1) is 25.3 Å². The monoisotopic (exact) mass is 568 g/mol. The number of ether oxygens (including phenoxy) is 2. The summed E-state index contributed by atoms with van der Waals surface area (Å²) >= 11 is 1.30. The topological polar surface area (TPSA) is 117 Å². The number of amides is 4. The van der Waals surface area contributed by atoms with Gasteiger partial charge in [0, 0.05) is 29.6 Å². The predicted molar refractivity (Wildman–Crippen MR) is 152 cm³/mol. The molecule has 0 bridgehead atoms. The van der Waals surface area contributed by atoms with Crippen molar-refractivity contribution >= 4 is 45.8 Å². The van der Waals surface area contributed by atoms with Crippen LogP contribution in [-0.2, 0) is 27.3 Å². The summed E-state index contributed by atoms with van der Waals surface area (Å²) in [6.45, 7) is 5.20. The van der Waals surface area contributed by atoms with Crippen molar-refractivity contribution in [3.8, 4) is 5.75 Å². The van der Waals surface area contributed by atoms with Gasteiger partial charge in [-0.05, 0) is 69.4 Å². The van der Waals surface area contributed by atoms with Gasteiger partial charge in [-0.1, -0.05) is 12.8 Å². The molecule has 5 rings (SSSR count). The summed E-state index contributed by atoms with van der Waals surface area (Å²) < 4.78 is 10.7. The number of nitrogens with one attached hydrogen (secondary N) is 2. The highest BCUT2D eigenvalue weighted by Crippen LogP contribution is 2.39. The Morgan fingerprint density at radius 3 is 2.45 bits per heavy atom. The van der Waals surface area contributed by atoms with Gasteiger partial charge >= 0.3 is 6.09 Å². The Balaban J connectivity index is 1.41. The number of hydrogen-bond donors (Lipinski definition) is 2. The Bertz CT molecular complexity index is 1270. The maximum atomic E-state index is 13.7. The lowest BCUT2D eigenvalue weighted by atomic mass is 10.0. The van der Waals surface area contributed by atoms with E-state index in [0.29, 0.717) is 61.0 Å². The second kappa shape index (κ2) is 12.3. The van der Waals surface area contributed by atoms with Crippen molar-refractivity contribution in [1.82, 2.24) is 9.80 Å². The standard InChI is InChI=1S/C29H36N4O6S/c1-3-38-20-11-9-18(10-12-20)30-27(36)25-21-15-16-32(29(37)39-4-2)17-23(21)40-28(25)31-26(35)22-13-14-24(34)33(22)19-7-5-6-8-19/h9-12,19,22H,3-8,13-17H2,1-2H3,(H,30,36)(H,31,35)/t22-/m0/s1. The van der Waals surface area contributed by atoms with Crippen LogP contribution in [0.15, 0.2) is 24.3 Å². The van der Waals surface area contributed by atoms with Gasteiger partial charge in [-0.15, -0.1) is 11.3 Å². The maximum absolute atomic E-state index is 13.7.